The minimum Gasteiger partial charge on any atom is -0.257 e. The molecular weight excluding hydrogens is 118 g/mol. The SMILES string of the molecule is CC(C)(C)SCC[NH]. The van der Waals surface area contributed by atoms with Crippen LogP contribution in [-0.4, -0.2) is 17.0 Å². The van der Waals surface area contributed by atoms with E-state index in [1.807, 2.05) is 11.8 Å². The van der Waals surface area contributed by atoms with Crippen LogP contribution in [0, 0.1) is 0 Å². The molecule has 1 nitrogen and oxygen atoms in total. The molecule has 0 spiro atoms. The van der Waals surface area contributed by atoms with Crippen molar-refractivity contribution in [2.75, 3.05) is 12.3 Å². The van der Waals surface area contributed by atoms with Crippen molar-refractivity contribution in [3.05, 3.63) is 0 Å². The molecule has 0 bridgehead atoms. The third kappa shape index (κ3) is 6.31. The minimum absolute atomic E-state index is 0.348. The fourth-order valence-electron chi connectivity index (χ4n) is 0.357. The summed E-state index contributed by atoms with van der Waals surface area (Å²) in [5, 5.41) is 0. The van der Waals surface area contributed by atoms with Gasteiger partial charge < -0.3 is 0 Å². The molecule has 0 rings (SSSR count). The van der Waals surface area contributed by atoms with E-state index in [9.17, 15) is 0 Å². The van der Waals surface area contributed by atoms with Gasteiger partial charge in [-0.1, -0.05) is 20.8 Å². The average molecular weight is 132 g/mol. The lowest BCUT2D eigenvalue weighted by atomic mass is 10.3. The molecule has 0 aliphatic carbocycles. The summed E-state index contributed by atoms with van der Waals surface area (Å²) in [7, 11) is 0. The molecule has 0 aliphatic heterocycles. The quantitative estimate of drug-likeness (QED) is 0.562. The first-order valence-electron chi connectivity index (χ1n) is 2.85. The summed E-state index contributed by atoms with van der Waals surface area (Å²) in [4.78, 5) is 0. The number of hydrogen-bond donors (Lipinski definition) is 0. The summed E-state index contributed by atoms with van der Waals surface area (Å²) in [5.41, 5.74) is 6.86. The normalized spacial score (nSPS) is 12.0. The lowest BCUT2D eigenvalue weighted by Gasteiger charge is -2.15. The Morgan fingerprint density at radius 2 is 1.88 bits per heavy atom. The minimum atomic E-state index is 0.348. The van der Waals surface area contributed by atoms with Gasteiger partial charge in [0, 0.05) is 17.0 Å². The third-order valence-electron chi connectivity index (χ3n) is 0.637. The fraction of sp³-hybridized carbons (Fsp3) is 1.00. The van der Waals surface area contributed by atoms with Gasteiger partial charge in [0.25, 0.3) is 0 Å². The van der Waals surface area contributed by atoms with Crippen LogP contribution in [0.4, 0.5) is 0 Å². The summed E-state index contributed by atoms with van der Waals surface area (Å²) in [6.07, 6.45) is 0. The van der Waals surface area contributed by atoms with Gasteiger partial charge in [-0.3, -0.25) is 5.73 Å². The number of thioether (sulfide) groups is 1. The van der Waals surface area contributed by atoms with Crippen molar-refractivity contribution in [3.63, 3.8) is 0 Å². The monoisotopic (exact) mass is 132 g/mol. The molecule has 0 aromatic rings. The molecule has 2 heteroatoms. The molecule has 0 aromatic carbocycles. The Balaban J connectivity index is 3.11. The number of hydrogen-bond acceptors (Lipinski definition) is 1. The summed E-state index contributed by atoms with van der Waals surface area (Å²) in [6, 6.07) is 0. The van der Waals surface area contributed by atoms with E-state index in [0.717, 1.165) is 5.75 Å². The molecule has 49 valence electrons. The predicted molar refractivity (Wildman–Crippen MR) is 40.2 cm³/mol. The van der Waals surface area contributed by atoms with Crippen molar-refractivity contribution in [1.82, 2.24) is 5.73 Å². The first-order valence-corrected chi connectivity index (χ1v) is 3.83. The number of rotatable bonds is 2. The van der Waals surface area contributed by atoms with Crippen LogP contribution >= 0.6 is 11.8 Å². The van der Waals surface area contributed by atoms with Crippen LogP contribution in [0.5, 0.6) is 0 Å². The molecule has 0 atom stereocenters. The van der Waals surface area contributed by atoms with Gasteiger partial charge in [-0.05, 0) is 0 Å². The maximum atomic E-state index is 6.86. The van der Waals surface area contributed by atoms with Gasteiger partial charge in [-0.15, -0.1) is 0 Å². The van der Waals surface area contributed by atoms with Crippen LogP contribution < -0.4 is 5.73 Å². The Morgan fingerprint density at radius 1 is 1.38 bits per heavy atom. The van der Waals surface area contributed by atoms with E-state index in [1.54, 1.807) is 0 Å². The average Bonchev–Trinajstić information content (AvgIpc) is 1.59. The van der Waals surface area contributed by atoms with Crippen LogP contribution in [0.15, 0.2) is 0 Å². The van der Waals surface area contributed by atoms with E-state index in [-0.39, 0.29) is 0 Å². The molecule has 0 saturated carbocycles. The van der Waals surface area contributed by atoms with Gasteiger partial charge >= 0.3 is 0 Å². The molecule has 0 heterocycles. The summed E-state index contributed by atoms with van der Waals surface area (Å²) >= 11 is 1.85. The van der Waals surface area contributed by atoms with E-state index in [0.29, 0.717) is 11.3 Å². The van der Waals surface area contributed by atoms with Crippen LogP contribution in [-0.2, 0) is 0 Å². The molecule has 0 fully saturated rings. The van der Waals surface area contributed by atoms with Crippen LogP contribution in [0.2, 0.25) is 0 Å². The molecule has 8 heavy (non-hydrogen) atoms. The van der Waals surface area contributed by atoms with Crippen molar-refractivity contribution < 1.29 is 0 Å². The third-order valence-corrected chi connectivity index (χ3v) is 1.91. The van der Waals surface area contributed by atoms with Gasteiger partial charge in [0.1, 0.15) is 0 Å². The van der Waals surface area contributed by atoms with Crippen molar-refractivity contribution in [2.24, 2.45) is 0 Å². The Morgan fingerprint density at radius 3 is 2.00 bits per heavy atom. The topological polar surface area (TPSA) is 23.8 Å². The fourth-order valence-corrected chi connectivity index (χ4v) is 1.07. The van der Waals surface area contributed by atoms with Gasteiger partial charge in [-0.25, -0.2) is 0 Å². The largest absolute Gasteiger partial charge is 0.257 e. The van der Waals surface area contributed by atoms with Gasteiger partial charge in [0.05, 0.1) is 0 Å². The Labute approximate surface area is 56.0 Å². The molecule has 0 saturated heterocycles. The molecule has 0 aromatic heterocycles. The van der Waals surface area contributed by atoms with Crippen molar-refractivity contribution in [2.45, 2.75) is 25.5 Å². The predicted octanol–water partition coefficient (Wildman–Crippen LogP) is 1.80. The highest BCUT2D eigenvalue weighted by Crippen LogP contribution is 2.21. The molecule has 0 amide bonds. The highest BCUT2D eigenvalue weighted by Gasteiger charge is 2.08. The van der Waals surface area contributed by atoms with Gasteiger partial charge in [-0.2, -0.15) is 11.8 Å². The van der Waals surface area contributed by atoms with Crippen LogP contribution in [0.1, 0.15) is 20.8 Å². The zero-order chi connectivity index (χ0) is 6.62. The second-order valence-corrected chi connectivity index (χ2v) is 4.63. The maximum absolute atomic E-state index is 6.86. The van der Waals surface area contributed by atoms with E-state index >= 15 is 0 Å². The standard InChI is InChI=1S/C6H14NS/c1-6(2,3)8-5-4-7/h7H,4-5H2,1-3H3. The Kier molecular flexibility index (Phi) is 3.49. The lowest BCUT2D eigenvalue weighted by molar-refractivity contribution is 0.801. The van der Waals surface area contributed by atoms with E-state index in [4.69, 9.17) is 5.73 Å². The highest BCUT2D eigenvalue weighted by molar-refractivity contribution is 8.00. The van der Waals surface area contributed by atoms with Crippen LogP contribution in [0.3, 0.4) is 0 Å². The summed E-state index contributed by atoms with van der Waals surface area (Å²) < 4.78 is 0.348. The molecule has 1 radical (unpaired) electrons. The van der Waals surface area contributed by atoms with Crippen LogP contribution in [0.25, 0.3) is 0 Å². The first kappa shape index (κ1) is 8.31. The van der Waals surface area contributed by atoms with E-state index in [2.05, 4.69) is 20.8 Å². The molecular formula is C6H14NS. The van der Waals surface area contributed by atoms with Crippen molar-refractivity contribution in [1.29, 1.82) is 0 Å². The van der Waals surface area contributed by atoms with Gasteiger partial charge in [0.15, 0.2) is 0 Å². The van der Waals surface area contributed by atoms with Crippen molar-refractivity contribution in [3.8, 4) is 0 Å². The van der Waals surface area contributed by atoms with Gasteiger partial charge in [0.2, 0.25) is 0 Å². The molecule has 1 N–H and O–H groups in total. The highest BCUT2D eigenvalue weighted by atomic mass is 32.2. The van der Waals surface area contributed by atoms with Crippen molar-refractivity contribution >= 4 is 11.8 Å². The molecule has 0 unspecified atom stereocenters. The molecule has 0 aliphatic rings. The van der Waals surface area contributed by atoms with E-state index < -0.39 is 0 Å². The lowest BCUT2D eigenvalue weighted by Crippen LogP contribution is -2.09. The second kappa shape index (κ2) is 3.36. The Hall–Kier alpha value is 0.310. The Bertz CT molecular complexity index is 56.0. The summed E-state index contributed by atoms with van der Waals surface area (Å²) in [6.45, 7) is 7.07. The zero-order valence-corrected chi connectivity index (χ0v) is 6.64. The smallest absolute Gasteiger partial charge is 0.0191 e. The zero-order valence-electron chi connectivity index (χ0n) is 5.82. The number of nitrogens with one attached hydrogen (secondary N) is 1. The van der Waals surface area contributed by atoms with E-state index in [1.165, 1.54) is 0 Å². The summed E-state index contributed by atoms with van der Waals surface area (Å²) in [5.74, 6) is 0.962. The first-order chi connectivity index (χ1) is 3.56. The maximum Gasteiger partial charge on any atom is 0.0191 e. The second-order valence-electron chi connectivity index (χ2n) is 2.71.